The van der Waals surface area contributed by atoms with Crippen LogP contribution in [-0.4, -0.2) is 40.2 Å². The molecule has 0 spiro atoms. The van der Waals surface area contributed by atoms with Gasteiger partial charge in [-0.25, -0.2) is 4.79 Å². The van der Waals surface area contributed by atoms with Gasteiger partial charge in [0.25, 0.3) is 11.5 Å². The molecule has 9 nitrogen and oxygen atoms in total. The maximum Gasteiger partial charge on any atom is 0.332 e. The number of anilines is 1. The van der Waals surface area contributed by atoms with Crippen LogP contribution >= 0.6 is 11.6 Å². The van der Waals surface area contributed by atoms with Crippen LogP contribution < -0.4 is 21.9 Å². The van der Waals surface area contributed by atoms with Gasteiger partial charge in [-0.2, -0.15) is 0 Å². The lowest BCUT2D eigenvalue weighted by Gasteiger charge is -2.17. The number of hydrogen-bond acceptors (Lipinski definition) is 5. The zero-order valence-corrected chi connectivity index (χ0v) is 23.4. The van der Waals surface area contributed by atoms with Crippen molar-refractivity contribution in [2.24, 2.45) is 0 Å². The molecular weight excluding hydrogens is 544 g/mol. The molecule has 0 saturated carbocycles. The van der Waals surface area contributed by atoms with E-state index in [1.54, 1.807) is 24.3 Å². The first-order valence-corrected chi connectivity index (χ1v) is 13.9. The zero-order chi connectivity index (χ0) is 28.9. The van der Waals surface area contributed by atoms with Crippen molar-refractivity contribution in [3.8, 4) is 0 Å². The summed E-state index contributed by atoms with van der Waals surface area (Å²) in [5.41, 5.74) is 1.77. The van der Waals surface area contributed by atoms with Crippen molar-refractivity contribution < 1.29 is 14.3 Å². The number of carbonyl (C=O) groups excluding carboxylic acids is 2. The Bertz CT molecular complexity index is 1710. The number of aromatic nitrogens is 2. The van der Waals surface area contributed by atoms with Gasteiger partial charge in [0, 0.05) is 29.4 Å². The molecule has 2 N–H and O–H groups in total. The molecule has 212 valence electrons. The second-order valence-corrected chi connectivity index (χ2v) is 10.6. The van der Waals surface area contributed by atoms with E-state index in [0.29, 0.717) is 30.3 Å². The molecule has 5 rings (SSSR count). The maximum atomic E-state index is 13.7. The number of ether oxygens (including phenoxy) is 1. The minimum absolute atomic E-state index is 0.0876. The molecule has 1 aliphatic rings. The Morgan fingerprint density at radius 1 is 1.02 bits per heavy atom. The first-order chi connectivity index (χ1) is 19.8. The number of amides is 2. The molecule has 3 aromatic carbocycles. The normalized spacial score (nSPS) is 14.7. The summed E-state index contributed by atoms with van der Waals surface area (Å²) in [6.45, 7) is 2.54. The van der Waals surface area contributed by atoms with E-state index in [4.69, 9.17) is 16.3 Å². The highest BCUT2D eigenvalue weighted by Crippen LogP contribution is 2.21. The minimum Gasteiger partial charge on any atom is -0.376 e. The molecule has 0 radical (unpaired) electrons. The smallest absolute Gasteiger partial charge is 0.332 e. The van der Waals surface area contributed by atoms with Crippen LogP contribution in [0.2, 0.25) is 5.02 Å². The van der Waals surface area contributed by atoms with Crippen LogP contribution in [0.1, 0.15) is 34.3 Å². The van der Waals surface area contributed by atoms with Crippen LogP contribution in [0.4, 0.5) is 5.69 Å². The molecule has 1 aliphatic heterocycles. The number of nitrogens with zero attached hydrogens (tertiary/aromatic N) is 2. The largest absolute Gasteiger partial charge is 0.376 e. The molecule has 10 heteroatoms. The summed E-state index contributed by atoms with van der Waals surface area (Å²) >= 11 is 6.11. The summed E-state index contributed by atoms with van der Waals surface area (Å²) in [5, 5.41) is 6.38. The number of carbonyl (C=O) groups is 2. The van der Waals surface area contributed by atoms with E-state index >= 15 is 0 Å². The summed E-state index contributed by atoms with van der Waals surface area (Å²) < 4.78 is 8.03. The standard InChI is InChI=1S/C31H31ClN4O5/c1-20-9-11-23(32)17-26(20)34-28(37)19-35-27-16-22(29(38)33-14-13-21-6-3-2-4-7-21)10-12-25(27)30(39)36(31(35)40)18-24-8-5-15-41-24/h2-4,6-7,9-12,16-17,24H,5,8,13-15,18-19H2,1H3,(H,33,38)(H,34,37)/t24-/m1/s1. The monoisotopic (exact) mass is 574 g/mol. The molecule has 41 heavy (non-hydrogen) atoms. The van der Waals surface area contributed by atoms with Gasteiger partial charge in [-0.05, 0) is 67.6 Å². The van der Waals surface area contributed by atoms with Crippen molar-refractivity contribution in [2.45, 2.75) is 45.4 Å². The van der Waals surface area contributed by atoms with E-state index in [0.717, 1.165) is 28.5 Å². The zero-order valence-electron chi connectivity index (χ0n) is 22.7. The summed E-state index contributed by atoms with van der Waals surface area (Å²) in [7, 11) is 0. The van der Waals surface area contributed by atoms with Crippen LogP contribution in [0.5, 0.6) is 0 Å². The third-order valence-corrected chi connectivity index (χ3v) is 7.45. The molecule has 0 aliphatic carbocycles. The number of aryl methyl sites for hydroxylation is 1. The summed E-state index contributed by atoms with van der Waals surface area (Å²) in [4.78, 5) is 53.3. The lowest BCUT2D eigenvalue weighted by molar-refractivity contribution is -0.116. The topological polar surface area (TPSA) is 111 Å². The van der Waals surface area contributed by atoms with E-state index in [1.165, 1.54) is 16.7 Å². The van der Waals surface area contributed by atoms with Gasteiger partial charge in [-0.1, -0.05) is 48.0 Å². The van der Waals surface area contributed by atoms with Crippen molar-refractivity contribution in [1.29, 1.82) is 0 Å². The Hall–Kier alpha value is -4.21. The van der Waals surface area contributed by atoms with Crippen LogP contribution in [0.3, 0.4) is 0 Å². The van der Waals surface area contributed by atoms with Gasteiger partial charge in [-0.15, -0.1) is 0 Å². The van der Waals surface area contributed by atoms with Gasteiger partial charge >= 0.3 is 5.69 Å². The van der Waals surface area contributed by atoms with Crippen LogP contribution in [-0.2, 0) is 29.0 Å². The molecule has 0 unspecified atom stereocenters. The molecule has 1 saturated heterocycles. The van der Waals surface area contributed by atoms with Crippen LogP contribution in [0, 0.1) is 6.92 Å². The van der Waals surface area contributed by atoms with Crippen molar-refractivity contribution in [3.05, 3.63) is 109 Å². The molecule has 1 atom stereocenters. The Morgan fingerprint density at radius 2 is 1.83 bits per heavy atom. The fourth-order valence-corrected chi connectivity index (χ4v) is 5.17. The minimum atomic E-state index is -0.641. The molecule has 1 aromatic heterocycles. The molecule has 0 bridgehead atoms. The summed E-state index contributed by atoms with van der Waals surface area (Å²) in [5.74, 6) is -0.817. The van der Waals surface area contributed by atoms with Crippen molar-refractivity contribution in [2.75, 3.05) is 18.5 Å². The highest BCUT2D eigenvalue weighted by Gasteiger charge is 2.22. The third-order valence-electron chi connectivity index (χ3n) is 7.22. The maximum absolute atomic E-state index is 13.7. The lowest BCUT2D eigenvalue weighted by atomic mass is 10.1. The fourth-order valence-electron chi connectivity index (χ4n) is 4.99. The Morgan fingerprint density at radius 3 is 2.59 bits per heavy atom. The van der Waals surface area contributed by atoms with Gasteiger partial charge in [0.1, 0.15) is 6.54 Å². The van der Waals surface area contributed by atoms with Crippen molar-refractivity contribution in [3.63, 3.8) is 0 Å². The van der Waals surface area contributed by atoms with E-state index in [2.05, 4.69) is 10.6 Å². The van der Waals surface area contributed by atoms with E-state index < -0.39 is 17.2 Å². The number of benzene rings is 3. The Kier molecular flexibility index (Phi) is 8.66. The molecule has 2 amide bonds. The third kappa shape index (κ3) is 6.58. The number of fused-ring (bicyclic) bond motifs is 1. The Labute approximate surface area is 241 Å². The van der Waals surface area contributed by atoms with Crippen LogP contribution in [0.25, 0.3) is 10.9 Å². The van der Waals surface area contributed by atoms with Gasteiger partial charge < -0.3 is 15.4 Å². The molecule has 1 fully saturated rings. The summed E-state index contributed by atoms with van der Waals surface area (Å²) in [6, 6.07) is 19.5. The van der Waals surface area contributed by atoms with Crippen LogP contribution in [0.15, 0.2) is 76.3 Å². The number of halogens is 1. The first kappa shape index (κ1) is 28.3. The van der Waals surface area contributed by atoms with E-state index in [9.17, 15) is 19.2 Å². The molecular formula is C31H31ClN4O5. The molecule has 4 aromatic rings. The average Bonchev–Trinajstić information content (AvgIpc) is 3.49. The lowest BCUT2D eigenvalue weighted by Crippen LogP contribution is -2.43. The average molecular weight is 575 g/mol. The van der Waals surface area contributed by atoms with Gasteiger partial charge in [0.2, 0.25) is 5.91 Å². The van der Waals surface area contributed by atoms with E-state index in [1.807, 2.05) is 37.3 Å². The van der Waals surface area contributed by atoms with Gasteiger partial charge in [0.15, 0.2) is 0 Å². The number of hydrogen-bond donors (Lipinski definition) is 2. The molecule has 2 heterocycles. The van der Waals surface area contributed by atoms with Gasteiger partial charge in [0.05, 0.1) is 23.6 Å². The second kappa shape index (κ2) is 12.5. The summed E-state index contributed by atoms with van der Waals surface area (Å²) in [6.07, 6.45) is 1.98. The van der Waals surface area contributed by atoms with Gasteiger partial charge in [-0.3, -0.25) is 23.5 Å². The first-order valence-electron chi connectivity index (χ1n) is 13.6. The van der Waals surface area contributed by atoms with Crippen molar-refractivity contribution in [1.82, 2.24) is 14.5 Å². The predicted molar refractivity (Wildman–Crippen MR) is 159 cm³/mol. The van der Waals surface area contributed by atoms with E-state index in [-0.39, 0.29) is 41.6 Å². The predicted octanol–water partition coefficient (Wildman–Crippen LogP) is 3.92. The highest BCUT2D eigenvalue weighted by molar-refractivity contribution is 6.31. The number of rotatable bonds is 9. The van der Waals surface area contributed by atoms with Crippen molar-refractivity contribution >= 4 is 40.0 Å². The number of nitrogens with one attached hydrogen (secondary N) is 2. The Balaban J connectivity index is 1.47. The fraction of sp³-hybridized carbons (Fsp3) is 0.290. The SMILES string of the molecule is Cc1ccc(Cl)cc1NC(=O)Cn1c(=O)n(C[C@H]2CCCO2)c(=O)c2ccc(C(=O)NCCc3ccccc3)cc21. The highest BCUT2D eigenvalue weighted by atomic mass is 35.5. The second-order valence-electron chi connectivity index (χ2n) is 10.2. The quantitative estimate of drug-likeness (QED) is 0.315.